The Kier molecular flexibility index (Phi) is 5.00. The van der Waals surface area contributed by atoms with E-state index in [2.05, 4.69) is 0 Å². The maximum atomic E-state index is 12.7. The van der Waals surface area contributed by atoms with Crippen LogP contribution >= 0.6 is 23.2 Å². The highest BCUT2D eigenvalue weighted by molar-refractivity contribution is 6.35. The molecular weight excluding hydrogens is 359 g/mol. The van der Waals surface area contributed by atoms with E-state index >= 15 is 0 Å². The van der Waals surface area contributed by atoms with Crippen LogP contribution < -0.4 is 10.6 Å². The van der Waals surface area contributed by atoms with Crippen LogP contribution in [0.2, 0.25) is 10.0 Å². The average Bonchev–Trinajstić information content (AvgIpc) is 2.72. The fourth-order valence-corrected chi connectivity index (χ4v) is 2.79. The Bertz CT molecular complexity index is 717. The third-order valence-corrected chi connectivity index (χ3v) is 3.71. The predicted molar refractivity (Wildman–Crippen MR) is 88.0 cm³/mol. The Labute approximate surface area is 147 Å². The van der Waals surface area contributed by atoms with Crippen molar-refractivity contribution in [1.82, 2.24) is 9.80 Å². The predicted octanol–water partition coefficient (Wildman–Crippen LogP) is 2.67. The molecule has 0 bridgehead atoms. The van der Waals surface area contributed by atoms with Gasteiger partial charge >= 0.3 is 18.1 Å². The van der Waals surface area contributed by atoms with Gasteiger partial charge < -0.3 is 5.73 Å². The van der Waals surface area contributed by atoms with E-state index in [1.807, 2.05) is 0 Å². The monoisotopic (exact) mass is 372 g/mol. The van der Waals surface area contributed by atoms with Crippen LogP contribution in [-0.4, -0.2) is 46.4 Å². The van der Waals surface area contributed by atoms with Crippen LogP contribution in [-0.2, 0) is 4.79 Å². The number of rotatable bonds is 2. The zero-order valence-corrected chi connectivity index (χ0v) is 14.3. The first-order valence-electron chi connectivity index (χ1n) is 6.86. The van der Waals surface area contributed by atoms with Gasteiger partial charge in [0.15, 0.2) is 0 Å². The molecule has 1 aromatic carbocycles. The number of carbonyl (C=O) groups is 4. The molecule has 0 radical (unpaired) electrons. The number of amides is 7. The lowest BCUT2D eigenvalue weighted by Crippen LogP contribution is -2.50. The van der Waals surface area contributed by atoms with Crippen molar-refractivity contribution in [2.75, 3.05) is 11.4 Å². The Morgan fingerprint density at radius 1 is 1.17 bits per heavy atom. The molecule has 0 aliphatic carbocycles. The molecule has 128 valence electrons. The number of nitrogens with two attached hydrogens (primary N) is 1. The van der Waals surface area contributed by atoms with Gasteiger partial charge in [0, 0.05) is 21.8 Å². The molecule has 1 saturated heterocycles. The number of primary amides is 1. The van der Waals surface area contributed by atoms with Gasteiger partial charge in [-0.05, 0) is 32.0 Å². The van der Waals surface area contributed by atoms with Gasteiger partial charge in [-0.15, -0.1) is 0 Å². The lowest BCUT2D eigenvalue weighted by atomic mass is 10.2. The summed E-state index contributed by atoms with van der Waals surface area (Å²) in [6.45, 7) is 2.79. The first-order chi connectivity index (χ1) is 11.1. The summed E-state index contributed by atoms with van der Waals surface area (Å²) >= 11 is 11.9. The maximum Gasteiger partial charge on any atom is 0.343 e. The van der Waals surface area contributed by atoms with Crippen LogP contribution in [0.15, 0.2) is 18.2 Å². The van der Waals surface area contributed by atoms with Gasteiger partial charge in [-0.1, -0.05) is 23.2 Å². The zero-order valence-electron chi connectivity index (χ0n) is 12.8. The lowest BCUT2D eigenvalue weighted by molar-refractivity contribution is -0.123. The number of halogens is 2. The minimum Gasteiger partial charge on any atom is -0.351 e. The highest BCUT2D eigenvalue weighted by Gasteiger charge is 2.45. The van der Waals surface area contributed by atoms with Crippen molar-refractivity contribution in [2.45, 2.75) is 19.9 Å². The van der Waals surface area contributed by atoms with E-state index < -0.39 is 36.6 Å². The summed E-state index contributed by atoms with van der Waals surface area (Å²) in [6.07, 6.45) is 0. The van der Waals surface area contributed by atoms with Crippen LogP contribution in [0.3, 0.4) is 0 Å². The first-order valence-corrected chi connectivity index (χ1v) is 7.62. The van der Waals surface area contributed by atoms with Crippen molar-refractivity contribution in [3.05, 3.63) is 28.2 Å². The lowest BCUT2D eigenvalue weighted by Gasteiger charge is -2.29. The molecule has 1 aliphatic heterocycles. The number of imide groups is 4. The third kappa shape index (κ3) is 3.29. The molecule has 8 nitrogen and oxygen atoms in total. The maximum absolute atomic E-state index is 12.7. The molecular formula is C14H14Cl2N4O4. The summed E-state index contributed by atoms with van der Waals surface area (Å²) in [7, 11) is 0. The van der Waals surface area contributed by atoms with E-state index in [1.165, 1.54) is 23.1 Å². The van der Waals surface area contributed by atoms with E-state index in [-0.39, 0.29) is 10.0 Å². The Hall–Kier alpha value is -2.32. The number of hydrogen-bond acceptors (Lipinski definition) is 4. The Morgan fingerprint density at radius 2 is 1.71 bits per heavy atom. The molecule has 7 amide bonds. The van der Waals surface area contributed by atoms with Crippen molar-refractivity contribution in [1.29, 1.82) is 0 Å². The number of anilines is 1. The largest absolute Gasteiger partial charge is 0.351 e. The van der Waals surface area contributed by atoms with Crippen LogP contribution in [0.5, 0.6) is 0 Å². The minimum atomic E-state index is -1.11. The molecule has 0 atom stereocenters. The van der Waals surface area contributed by atoms with Gasteiger partial charge in [-0.2, -0.15) is 4.90 Å². The van der Waals surface area contributed by atoms with Gasteiger partial charge in [-0.3, -0.25) is 9.69 Å². The van der Waals surface area contributed by atoms with Crippen LogP contribution in [0.4, 0.5) is 20.1 Å². The molecule has 0 unspecified atom stereocenters. The van der Waals surface area contributed by atoms with E-state index in [1.54, 1.807) is 13.8 Å². The minimum absolute atomic E-state index is 0.286. The highest BCUT2D eigenvalue weighted by Crippen LogP contribution is 2.28. The van der Waals surface area contributed by atoms with E-state index in [0.29, 0.717) is 15.5 Å². The third-order valence-electron chi connectivity index (χ3n) is 3.27. The highest BCUT2D eigenvalue weighted by atomic mass is 35.5. The Balaban J connectivity index is 2.42. The molecule has 1 aromatic rings. The molecule has 2 rings (SSSR count). The zero-order chi connectivity index (χ0) is 18.2. The summed E-state index contributed by atoms with van der Waals surface area (Å²) in [5.74, 6) is -0.845. The molecule has 10 heteroatoms. The first kappa shape index (κ1) is 18.0. The standard InChI is InChI=1S/C14H14Cl2N4O4/c1-7(2)19(10-4-8(15)3-9(16)5-10)14(24)20-11(21)6-18(12(17)22)13(20)23/h3-5,7H,6H2,1-2H3,(H2,17,22). The quantitative estimate of drug-likeness (QED) is 0.805. The van der Waals surface area contributed by atoms with Gasteiger partial charge in [-0.25, -0.2) is 19.3 Å². The van der Waals surface area contributed by atoms with Crippen LogP contribution in [0, 0.1) is 0 Å². The molecule has 24 heavy (non-hydrogen) atoms. The fraction of sp³-hybridized carbons (Fsp3) is 0.286. The number of carbonyl (C=O) groups excluding carboxylic acids is 4. The topological polar surface area (TPSA) is 104 Å². The molecule has 0 aromatic heterocycles. The van der Waals surface area contributed by atoms with Gasteiger partial charge in [0.1, 0.15) is 6.54 Å². The van der Waals surface area contributed by atoms with Crippen LogP contribution in [0.25, 0.3) is 0 Å². The SMILES string of the molecule is CC(C)N(C(=O)N1C(=O)CN(C(N)=O)C1=O)c1cc(Cl)cc(Cl)c1. The second-order valence-corrected chi connectivity index (χ2v) is 6.18. The molecule has 1 heterocycles. The van der Waals surface area contributed by atoms with E-state index in [0.717, 1.165) is 0 Å². The second kappa shape index (κ2) is 6.66. The van der Waals surface area contributed by atoms with Gasteiger partial charge in [0.05, 0.1) is 0 Å². The van der Waals surface area contributed by atoms with Crippen molar-refractivity contribution in [3.8, 4) is 0 Å². The molecule has 1 fully saturated rings. The number of hydrogen-bond donors (Lipinski definition) is 1. The average molecular weight is 373 g/mol. The summed E-state index contributed by atoms with van der Waals surface area (Å²) in [6, 6.07) is 0.903. The van der Waals surface area contributed by atoms with Crippen molar-refractivity contribution < 1.29 is 19.2 Å². The van der Waals surface area contributed by atoms with Crippen molar-refractivity contribution in [3.63, 3.8) is 0 Å². The van der Waals surface area contributed by atoms with Gasteiger partial charge in [0.2, 0.25) is 0 Å². The van der Waals surface area contributed by atoms with Crippen molar-refractivity contribution in [2.24, 2.45) is 5.73 Å². The summed E-state index contributed by atoms with van der Waals surface area (Å²) in [5.41, 5.74) is 5.34. The summed E-state index contributed by atoms with van der Waals surface area (Å²) in [5, 5.41) is 0.572. The molecule has 0 spiro atoms. The van der Waals surface area contributed by atoms with Gasteiger partial charge in [0.25, 0.3) is 5.91 Å². The van der Waals surface area contributed by atoms with Crippen LogP contribution in [0.1, 0.15) is 13.8 Å². The second-order valence-electron chi connectivity index (χ2n) is 5.31. The number of urea groups is 3. The smallest absolute Gasteiger partial charge is 0.343 e. The Morgan fingerprint density at radius 3 is 2.12 bits per heavy atom. The molecule has 1 aliphatic rings. The van der Waals surface area contributed by atoms with E-state index in [4.69, 9.17) is 28.9 Å². The molecule has 0 saturated carbocycles. The summed E-state index contributed by atoms with van der Waals surface area (Å²) < 4.78 is 0. The normalized spacial score (nSPS) is 14.5. The fourth-order valence-electron chi connectivity index (χ4n) is 2.28. The summed E-state index contributed by atoms with van der Waals surface area (Å²) in [4.78, 5) is 50.1. The number of benzene rings is 1. The molecule has 2 N–H and O–H groups in total. The number of nitrogens with zero attached hydrogens (tertiary/aromatic N) is 3. The van der Waals surface area contributed by atoms with E-state index in [9.17, 15) is 19.2 Å². The van der Waals surface area contributed by atoms with Crippen molar-refractivity contribution >= 4 is 52.9 Å².